The van der Waals surface area contributed by atoms with Gasteiger partial charge >= 0.3 is 5.97 Å². The Bertz CT molecular complexity index is 525. The van der Waals surface area contributed by atoms with Crippen molar-refractivity contribution in [2.24, 2.45) is 0 Å². The van der Waals surface area contributed by atoms with Gasteiger partial charge in [-0.05, 0) is 12.6 Å². The molecule has 0 spiro atoms. The third-order valence-electron chi connectivity index (χ3n) is 3.25. The molecule has 1 atom stereocenters. The summed E-state index contributed by atoms with van der Waals surface area (Å²) in [5.41, 5.74) is 2.08. The molecule has 1 aromatic carbocycles. The average Bonchev–Trinajstić information content (AvgIpc) is 2.98. The van der Waals surface area contributed by atoms with Crippen LogP contribution in [0.25, 0.3) is 0 Å². The van der Waals surface area contributed by atoms with Crippen molar-refractivity contribution < 1.29 is 9.53 Å². The van der Waals surface area contributed by atoms with Gasteiger partial charge in [-0.2, -0.15) is 0 Å². The number of nitrogens with one attached hydrogen (secondary N) is 1. The minimum Gasteiger partial charge on any atom is -0.468 e. The van der Waals surface area contributed by atoms with Gasteiger partial charge < -0.3 is 9.72 Å². The minimum absolute atomic E-state index is 0.238. The molecule has 5 nitrogen and oxygen atoms in total. The summed E-state index contributed by atoms with van der Waals surface area (Å²) in [4.78, 5) is 21.0. The number of ether oxygens (including phenoxy) is 1. The molecule has 2 aromatic rings. The molecule has 1 aromatic heterocycles. The van der Waals surface area contributed by atoms with Crippen molar-refractivity contribution in [1.29, 1.82) is 0 Å². The number of likely N-dealkylation sites (N-methyl/N-ethyl adjacent to an activating group) is 1. The summed E-state index contributed by atoms with van der Waals surface area (Å²) < 4.78 is 4.91. The molecular weight excluding hydrogens is 254 g/mol. The standard InChI is InChI=1S/C15H19N3O2/c1-18(10-12-6-4-3-5-7-12)14(15(19)20-2)8-13-9-16-11-17-13/h3-7,9,11,14H,8,10H2,1-2H3,(H,16,17)/t14-/m0/s1. The van der Waals surface area contributed by atoms with E-state index in [1.165, 1.54) is 7.11 Å². The zero-order valence-electron chi connectivity index (χ0n) is 11.7. The number of aromatic amines is 1. The SMILES string of the molecule is COC(=O)[C@H](Cc1cnc[nH]1)N(C)Cc1ccccc1. The Balaban J connectivity index is 2.07. The van der Waals surface area contributed by atoms with Crippen molar-refractivity contribution in [2.45, 2.75) is 19.0 Å². The Morgan fingerprint density at radius 3 is 2.75 bits per heavy atom. The van der Waals surface area contributed by atoms with Crippen LogP contribution in [-0.4, -0.2) is 41.0 Å². The van der Waals surface area contributed by atoms with Gasteiger partial charge in [-0.15, -0.1) is 0 Å². The molecule has 0 saturated heterocycles. The number of benzene rings is 1. The average molecular weight is 273 g/mol. The summed E-state index contributed by atoms with van der Waals surface area (Å²) in [5, 5.41) is 0. The number of hydrogen-bond acceptors (Lipinski definition) is 4. The molecule has 5 heteroatoms. The van der Waals surface area contributed by atoms with E-state index in [0.717, 1.165) is 11.3 Å². The molecule has 1 heterocycles. The van der Waals surface area contributed by atoms with Crippen molar-refractivity contribution >= 4 is 5.97 Å². The molecule has 0 aliphatic rings. The monoisotopic (exact) mass is 273 g/mol. The van der Waals surface area contributed by atoms with Gasteiger partial charge in [0, 0.05) is 24.9 Å². The molecule has 1 N–H and O–H groups in total. The van der Waals surface area contributed by atoms with Crippen LogP contribution in [0.1, 0.15) is 11.3 Å². The Hall–Kier alpha value is -2.14. The van der Waals surface area contributed by atoms with Crippen molar-refractivity contribution in [3.63, 3.8) is 0 Å². The number of nitrogens with zero attached hydrogens (tertiary/aromatic N) is 2. The molecule has 0 bridgehead atoms. The number of esters is 1. The fourth-order valence-corrected chi connectivity index (χ4v) is 2.14. The second-order valence-electron chi connectivity index (χ2n) is 4.72. The maximum absolute atomic E-state index is 12.0. The second-order valence-corrected chi connectivity index (χ2v) is 4.72. The van der Waals surface area contributed by atoms with Crippen LogP contribution in [0.3, 0.4) is 0 Å². The first-order valence-corrected chi connectivity index (χ1v) is 6.50. The van der Waals surface area contributed by atoms with Gasteiger partial charge in [-0.1, -0.05) is 30.3 Å². The highest BCUT2D eigenvalue weighted by atomic mass is 16.5. The van der Waals surface area contributed by atoms with E-state index in [1.807, 2.05) is 42.3 Å². The summed E-state index contributed by atoms with van der Waals surface area (Å²) in [6.07, 6.45) is 3.89. The van der Waals surface area contributed by atoms with Gasteiger partial charge in [-0.3, -0.25) is 9.69 Å². The highest BCUT2D eigenvalue weighted by molar-refractivity contribution is 5.75. The normalized spacial score (nSPS) is 12.3. The van der Waals surface area contributed by atoms with Gasteiger partial charge in [0.2, 0.25) is 0 Å². The topological polar surface area (TPSA) is 58.2 Å². The largest absolute Gasteiger partial charge is 0.468 e. The molecule has 0 aliphatic heterocycles. The van der Waals surface area contributed by atoms with E-state index in [-0.39, 0.29) is 12.0 Å². The molecule has 20 heavy (non-hydrogen) atoms. The van der Waals surface area contributed by atoms with E-state index in [9.17, 15) is 4.79 Å². The molecule has 0 amide bonds. The number of methoxy groups -OCH3 is 1. The van der Waals surface area contributed by atoms with Crippen LogP contribution in [-0.2, 0) is 22.5 Å². The number of H-pyrrole nitrogens is 1. The maximum atomic E-state index is 12.0. The van der Waals surface area contributed by atoms with Crippen molar-refractivity contribution in [3.05, 3.63) is 54.1 Å². The number of carbonyl (C=O) groups excluding carboxylic acids is 1. The summed E-state index contributed by atoms with van der Waals surface area (Å²) in [5.74, 6) is -0.238. The molecule has 0 saturated carbocycles. The highest BCUT2D eigenvalue weighted by Gasteiger charge is 2.25. The smallest absolute Gasteiger partial charge is 0.323 e. The Labute approximate surface area is 118 Å². The molecule has 106 valence electrons. The lowest BCUT2D eigenvalue weighted by atomic mass is 10.1. The predicted molar refractivity (Wildman–Crippen MR) is 76.0 cm³/mol. The van der Waals surface area contributed by atoms with Crippen molar-refractivity contribution in [1.82, 2.24) is 14.9 Å². The lowest BCUT2D eigenvalue weighted by Crippen LogP contribution is -2.40. The lowest BCUT2D eigenvalue weighted by molar-refractivity contribution is -0.146. The third kappa shape index (κ3) is 3.68. The zero-order chi connectivity index (χ0) is 14.4. The molecule has 0 radical (unpaired) electrons. The minimum atomic E-state index is -0.333. The van der Waals surface area contributed by atoms with Crippen LogP contribution in [0.4, 0.5) is 0 Å². The van der Waals surface area contributed by atoms with Gasteiger partial charge in [-0.25, -0.2) is 4.98 Å². The predicted octanol–water partition coefficient (Wildman–Crippen LogP) is 1.63. The molecule has 0 aliphatic carbocycles. The summed E-state index contributed by atoms with van der Waals surface area (Å²) in [6.45, 7) is 0.689. The quantitative estimate of drug-likeness (QED) is 0.813. The highest BCUT2D eigenvalue weighted by Crippen LogP contribution is 2.11. The Kier molecular flexibility index (Phi) is 4.90. The first-order valence-electron chi connectivity index (χ1n) is 6.50. The number of rotatable bonds is 6. The lowest BCUT2D eigenvalue weighted by Gasteiger charge is -2.25. The van der Waals surface area contributed by atoms with Crippen LogP contribution < -0.4 is 0 Å². The molecule has 0 fully saturated rings. The third-order valence-corrected chi connectivity index (χ3v) is 3.25. The summed E-state index contributed by atoms with van der Waals surface area (Å²) >= 11 is 0. The zero-order valence-corrected chi connectivity index (χ0v) is 11.7. The van der Waals surface area contributed by atoms with Crippen LogP contribution in [0.15, 0.2) is 42.9 Å². The van der Waals surface area contributed by atoms with E-state index in [4.69, 9.17) is 4.74 Å². The maximum Gasteiger partial charge on any atom is 0.323 e. The summed E-state index contributed by atoms with van der Waals surface area (Å²) in [6, 6.07) is 9.71. The van der Waals surface area contributed by atoms with E-state index in [0.29, 0.717) is 13.0 Å². The number of carbonyl (C=O) groups is 1. The number of aromatic nitrogens is 2. The fraction of sp³-hybridized carbons (Fsp3) is 0.333. The first-order chi connectivity index (χ1) is 9.70. The fourth-order valence-electron chi connectivity index (χ4n) is 2.14. The summed E-state index contributed by atoms with van der Waals surface area (Å²) in [7, 11) is 3.34. The van der Waals surface area contributed by atoms with Crippen LogP contribution in [0.5, 0.6) is 0 Å². The van der Waals surface area contributed by atoms with Gasteiger partial charge in [0.1, 0.15) is 6.04 Å². The van der Waals surface area contributed by atoms with E-state index >= 15 is 0 Å². The van der Waals surface area contributed by atoms with Gasteiger partial charge in [0.25, 0.3) is 0 Å². The molecular formula is C15H19N3O2. The van der Waals surface area contributed by atoms with E-state index in [2.05, 4.69) is 9.97 Å². The van der Waals surface area contributed by atoms with Crippen LogP contribution >= 0.6 is 0 Å². The number of hydrogen-bond donors (Lipinski definition) is 1. The van der Waals surface area contributed by atoms with E-state index < -0.39 is 0 Å². The van der Waals surface area contributed by atoms with Gasteiger partial charge in [0.15, 0.2) is 0 Å². The molecule has 0 unspecified atom stereocenters. The Morgan fingerprint density at radius 1 is 1.40 bits per heavy atom. The number of imidazole rings is 1. The van der Waals surface area contributed by atoms with Crippen molar-refractivity contribution in [3.8, 4) is 0 Å². The van der Waals surface area contributed by atoms with Crippen LogP contribution in [0.2, 0.25) is 0 Å². The van der Waals surface area contributed by atoms with Crippen LogP contribution in [0, 0.1) is 0 Å². The second kappa shape index (κ2) is 6.86. The first kappa shape index (κ1) is 14.3. The van der Waals surface area contributed by atoms with E-state index in [1.54, 1.807) is 12.5 Å². The van der Waals surface area contributed by atoms with Crippen molar-refractivity contribution in [2.75, 3.05) is 14.2 Å². The Morgan fingerprint density at radius 2 is 2.15 bits per heavy atom. The molecule has 2 rings (SSSR count). The van der Waals surface area contributed by atoms with Gasteiger partial charge in [0.05, 0.1) is 13.4 Å².